The molecule has 1 fully saturated rings. The molecule has 1 N–H and O–H groups in total. The van der Waals surface area contributed by atoms with Gasteiger partial charge in [0.25, 0.3) is 11.5 Å². The van der Waals surface area contributed by atoms with Gasteiger partial charge in [-0.25, -0.2) is 4.98 Å². The van der Waals surface area contributed by atoms with Gasteiger partial charge in [-0.1, -0.05) is 0 Å². The summed E-state index contributed by atoms with van der Waals surface area (Å²) in [5, 5.41) is 8.48. The minimum atomic E-state index is -0.360. The summed E-state index contributed by atoms with van der Waals surface area (Å²) in [6, 6.07) is 6.99. The molecule has 3 aromatic heterocycles. The number of aromatic nitrogens is 5. The largest absolute Gasteiger partial charge is 0.352 e. The van der Waals surface area contributed by atoms with Crippen LogP contribution in [0.5, 0.6) is 0 Å². The van der Waals surface area contributed by atoms with Crippen LogP contribution in [0.2, 0.25) is 0 Å². The smallest absolute Gasteiger partial charge is 0.260 e. The van der Waals surface area contributed by atoms with E-state index in [1.54, 1.807) is 40.3 Å². The van der Waals surface area contributed by atoms with E-state index in [9.17, 15) is 9.59 Å². The van der Waals surface area contributed by atoms with Crippen molar-refractivity contribution < 1.29 is 4.79 Å². The molecule has 0 aromatic carbocycles. The Morgan fingerprint density at radius 1 is 1.04 bits per heavy atom. The summed E-state index contributed by atoms with van der Waals surface area (Å²) in [5.74, 6) is 1.22. The molecule has 1 aliphatic rings. The van der Waals surface area contributed by atoms with Gasteiger partial charge in [-0.15, -0.1) is 10.2 Å². The third kappa shape index (κ3) is 3.06. The fraction of sp³-hybridized carbons (Fsp3) is 0.235. The fourth-order valence-corrected chi connectivity index (χ4v) is 2.92. The predicted octanol–water partition coefficient (Wildman–Crippen LogP) is 0.313. The number of nitrogens with one attached hydrogen (secondary N) is 1. The maximum absolute atomic E-state index is 12.5. The first-order valence-electron chi connectivity index (χ1n) is 8.26. The number of rotatable bonds is 3. The highest BCUT2D eigenvalue weighted by Crippen LogP contribution is 2.15. The van der Waals surface area contributed by atoms with Crippen LogP contribution in [0, 0.1) is 0 Å². The van der Waals surface area contributed by atoms with Crippen LogP contribution in [0.4, 0.5) is 5.82 Å². The number of pyridine rings is 1. The number of nitrogens with zero attached hydrogens (tertiary/aromatic N) is 6. The molecule has 0 saturated carbocycles. The van der Waals surface area contributed by atoms with Gasteiger partial charge in [0, 0.05) is 44.8 Å². The summed E-state index contributed by atoms with van der Waals surface area (Å²) >= 11 is 0. The van der Waals surface area contributed by atoms with Crippen LogP contribution < -0.4 is 10.5 Å². The van der Waals surface area contributed by atoms with Crippen molar-refractivity contribution >= 4 is 11.7 Å². The van der Waals surface area contributed by atoms with E-state index in [4.69, 9.17) is 0 Å². The third-order valence-electron chi connectivity index (χ3n) is 4.34. The van der Waals surface area contributed by atoms with Crippen LogP contribution in [0.25, 0.3) is 5.82 Å². The van der Waals surface area contributed by atoms with Gasteiger partial charge in [0.1, 0.15) is 11.9 Å². The van der Waals surface area contributed by atoms with Gasteiger partial charge in [0.05, 0.1) is 0 Å². The lowest BCUT2D eigenvalue weighted by molar-refractivity contribution is 0.0744. The molecule has 0 unspecified atom stereocenters. The van der Waals surface area contributed by atoms with Crippen molar-refractivity contribution in [2.24, 2.45) is 0 Å². The molecule has 1 aliphatic heterocycles. The highest BCUT2D eigenvalue weighted by atomic mass is 16.2. The minimum absolute atomic E-state index is 0.172. The standard InChI is InChI=1S/C17H17N7O2/c25-16-13(2-1-5-19-16)17(26)23-10-8-22(9-11-23)14-3-4-15(21-20-14)24-7-6-18-12-24/h1-7,12H,8-11H2,(H,19,25). The first kappa shape index (κ1) is 16.0. The topological polar surface area (TPSA) is 100 Å². The average molecular weight is 351 g/mol. The molecule has 0 spiro atoms. The fourth-order valence-electron chi connectivity index (χ4n) is 2.92. The van der Waals surface area contributed by atoms with Crippen LogP contribution in [0.3, 0.4) is 0 Å². The molecule has 1 amide bonds. The van der Waals surface area contributed by atoms with Crippen molar-refractivity contribution in [3.8, 4) is 5.82 Å². The second kappa shape index (κ2) is 6.79. The maximum Gasteiger partial charge on any atom is 0.260 e. The summed E-state index contributed by atoms with van der Waals surface area (Å²) in [4.78, 5) is 34.6. The van der Waals surface area contributed by atoms with Crippen molar-refractivity contribution in [2.75, 3.05) is 31.1 Å². The highest BCUT2D eigenvalue weighted by molar-refractivity contribution is 5.93. The molecule has 26 heavy (non-hydrogen) atoms. The number of H-pyrrole nitrogens is 1. The van der Waals surface area contributed by atoms with Gasteiger partial charge < -0.3 is 14.8 Å². The third-order valence-corrected chi connectivity index (χ3v) is 4.34. The highest BCUT2D eigenvalue weighted by Gasteiger charge is 2.24. The minimum Gasteiger partial charge on any atom is -0.352 e. The number of anilines is 1. The molecule has 0 radical (unpaired) electrons. The summed E-state index contributed by atoms with van der Waals surface area (Å²) in [6.07, 6.45) is 6.67. The quantitative estimate of drug-likeness (QED) is 0.729. The molecule has 1 saturated heterocycles. The molecule has 0 aliphatic carbocycles. The Labute approximate surface area is 148 Å². The van der Waals surface area contributed by atoms with E-state index in [0.717, 1.165) is 5.82 Å². The molecule has 9 heteroatoms. The van der Waals surface area contributed by atoms with E-state index in [-0.39, 0.29) is 17.0 Å². The van der Waals surface area contributed by atoms with Gasteiger partial charge in [-0.3, -0.25) is 14.2 Å². The van der Waals surface area contributed by atoms with E-state index in [2.05, 4.69) is 25.1 Å². The molecule has 132 valence electrons. The van der Waals surface area contributed by atoms with Gasteiger partial charge in [0.15, 0.2) is 11.6 Å². The Bertz CT molecular complexity index is 942. The predicted molar refractivity (Wildman–Crippen MR) is 94.3 cm³/mol. The summed E-state index contributed by atoms with van der Waals surface area (Å²) < 4.78 is 1.78. The number of carbonyl (C=O) groups excluding carboxylic acids is 1. The van der Waals surface area contributed by atoms with Crippen LogP contribution >= 0.6 is 0 Å². The van der Waals surface area contributed by atoms with Crippen LogP contribution in [0.15, 0.2) is 54.0 Å². The van der Waals surface area contributed by atoms with E-state index < -0.39 is 0 Å². The van der Waals surface area contributed by atoms with Crippen molar-refractivity contribution in [1.29, 1.82) is 0 Å². The molecule has 4 rings (SSSR count). The molecule has 4 heterocycles. The second-order valence-corrected chi connectivity index (χ2v) is 5.91. The zero-order valence-electron chi connectivity index (χ0n) is 13.9. The molecule has 0 atom stereocenters. The van der Waals surface area contributed by atoms with Crippen LogP contribution in [-0.2, 0) is 0 Å². The summed E-state index contributed by atoms with van der Waals surface area (Å²) in [6.45, 7) is 2.32. The number of piperazine rings is 1. The summed E-state index contributed by atoms with van der Waals surface area (Å²) in [7, 11) is 0. The molecular weight excluding hydrogens is 334 g/mol. The Kier molecular flexibility index (Phi) is 4.18. The van der Waals surface area contributed by atoms with Crippen molar-refractivity contribution in [2.45, 2.75) is 0 Å². The second-order valence-electron chi connectivity index (χ2n) is 5.91. The van der Waals surface area contributed by atoms with Gasteiger partial charge in [0.2, 0.25) is 0 Å². The number of hydrogen-bond donors (Lipinski definition) is 1. The van der Waals surface area contributed by atoms with Gasteiger partial charge in [-0.2, -0.15) is 0 Å². The molecule has 9 nitrogen and oxygen atoms in total. The lowest BCUT2D eigenvalue weighted by atomic mass is 10.2. The Hall–Kier alpha value is -3.49. The summed E-state index contributed by atoms with van der Waals surface area (Å²) in [5.41, 5.74) is -0.189. The normalized spacial score (nSPS) is 14.5. The number of carbonyl (C=O) groups is 1. The first-order valence-corrected chi connectivity index (χ1v) is 8.26. The van der Waals surface area contributed by atoms with E-state index in [0.29, 0.717) is 32.0 Å². The van der Waals surface area contributed by atoms with E-state index in [1.807, 2.05) is 12.1 Å². The SMILES string of the molecule is O=C(c1ccc[nH]c1=O)N1CCN(c2ccc(-n3ccnc3)nn2)CC1. The Balaban J connectivity index is 1.41. The molecule has 0 bridgehead atoms. The van der Waals surface area contributed by atoms with E-state index >= 15 is 0 Å². The maximum atomic E-state index is 12.5. The van der Waals surface area contributed by atoms with Crippen molar-refractivity contribution in [1.82, 2.24) is 29.6 Å². The Morgan fingerprint density at radius 3 is 2.46 bits per heavy atom. The molecule has 3 aromatic rings. The molecular formula is C17H17N7O2. The zero-order valence-corrected chi connectivity index (χ0v) is 13.9. The number of amides is 1. The average Bonchev–Trinajstić information content (AvgIpc) is 3.23. The Morgan fingerprint density at radius 2 is 1.81 bits per heavy atom. The van der Waals surface area contributed by atoms with Crippen LogP contribution in [-0.4, -0.2) is 61.7 Å². The monoisotopic (exact) mass is 351 g/mol. The van der Waals surface area contributed by atoms with Crippen molar-refractivity contribution in [3.63, 3.8) is 0 Å². The zero-order chi connectivity index (χ0) is 17.9. The first-order chi connectivity index (χ1) is 12.7. The lowest BCUT2D eigenvalue weighted by Gasteiger charge is -2.35. The van der Waals surface area contributed by atoms with Crippen molar-refractivity contribution in [3.05, 3.63) is 65.1 Å². The van der Waals surface area contributed by atoms with Gasteiger partial charge >= 0.3 is 0 Å². The number of aromatic amines is 1. The number of hydrogen-bond acceptors (Lipinski definition) is 6. The van der Waals surface area contributed by atoms with E-state index in [1.165, 1.54) is 6.20 Å². The van der Waals surface area contributed by atoms with Gasteiger partial charge in [-0.05, 0) is 24.3 Å². The van der Waals surface area contributed by atoms with Crippen LogP contribution in [0.1, 0.15) is 10.4 Å². The number of imidazole rings is 1. The lowest BCUT2D eigenvalue weighted by Crippen LogP contribution is -2.49.